The molecule has 1 saturated heterocycles. The van der Waals surface area contributed by atoms with Gasteiger partial charge in [0.25, 0.3) is 0 Å². The van der Waals surface area contributed by atoms with Gasteiger partial charge >= 0.3 is 5.97 Å². The summed E-state index contributed by atoms with van der Waals surface area (Å²) in [5, 5.41) is 8.98. The number of benzene rings is 2. The molecular weight excluding hydrogens is 386 g/mol. The predicted molar refractivity (Wildman–Crippen MR) is 112 cm³/mol. The second kappa shape index (κ2) is 8.96. The van der Waals surface area contributed by atoms with Crippen LogP contribution in [-0.4, -0.2) is 32.6 Å². The van der Waals surface area contributed by atoms with Crippen LogP contribution in [0.5, 0.6) is 5.75 Å². The molecule has 0 N–H and O–H groups in total. The maximum Gasteiger partial charge on any atom is 0.319 e. The van der Waals surface area contributed by atoms with Crippen molar-refractivity contribution in [3.8, 4) is 16.9 Å². The second-order valence-electron chi connectivity index (χ2n) is 6.51. The highest BCUT2D eigenvalue weighted by Crippen LogP contribution is 2.31. The Bertz CT molecular complexity index is 1000. The van der Waals surface area contributed by atoms with Crippen LogP contribution in [0.1, 0.15) is 12.2 Å². The Kier molecular flexibility index (Phi) is 5.95. The van der Waals surface area contributed by atoms with Crippen molar-refractivity contribution in [2.24, 2.45) is 0 Å². The summed E-state index contributed by atoms with van der Waals surface area (Å²) < 4.78 is 13.1. The van der Waals surface area contributed by atoms with Gasteiger partial charge in [0.2, 0.25) is 0 Å². The van der Waals surface area contributed by atoms with Gasteiger partial charge in [-0.1, -0.05) is 66.4 Å². The quantitative estimate of drug-likeness (QED) is 0.413. The van der Waals surface area contributed by atoms with Gasteiger partial charge in [-0.05, 0) is 11.6 Å². The number of cyclic esters (lactones) is 1. The minimum absolute atomic E-state index is 0.197. The number of nitrogens with zero attached hydrogens (tertiary/aromatic N) is 3. The summed E-state index contributed by atoms with van der Waals surface area (Å²) in [5.74, 6) is 1.26. The van der Waals surface area contributed by atoms with Crippen molar-refractivity contribution in [2.45, 2.75) is 30.0 Å². The van der Waals surface area contributed by atoms with Gasteiger partial charge in [0.05, 0.1) is 6.61 Å². The molecule has 1 aliphatic rings. The molecule has 29 heavy (non-hydrogen) atoms. The number of allylic oxidation sites excluding steroid dienone is 1. The maximum absolute atomic E-state index is 11.8. The number of rotatable bonds is 8. The largest absolute Gasteiger partial charge is 0.485 e. The van der Waals surface area contributed by atoms with E-state index in [0.717, 1.165) is 16.9 Å². The molecule has 0 bridgehead atoms. The molecule has 0 radical (unpaired) electrons. The van der Waals surface area contributed by atoms with E-state index in [1.54, 1.807) is 6.08 Å². The third-order valence-corrected chi connectivity index (χ3v) is 5.79. The van der Waals surface area contributed by atoms with E-state index in [2.05, 4.69) is 28.9 Å². The minimum Gasteiger partial charge on any atom is -0.485 e. The lowest BCUT2D eigenvalue weighted by Gasteiger charge is -2.13. The topological polar surface area (TPSA) is 66.2 Å². The molecule has 2 heterocycles. The van der Waals surface area contributed by atoms with Gasteiger partial charge in [-0.3, -0.25) is 9.36 Å². The highest BCUT2D eigenvalue weighted by molar-refractivity contribution is 8.00. The number of hydrogen-bond donors (Lipinski definition) is 0. The first-order valence-corrected chi connectivity index (χ1v) is 10.3. The zero-order valence-corrected chi connectivity index (χ0v) is 16.7. The van der Waals surface area contributed by atoms with Crippen LogP contribution in [-0.2, 0) is 22.7 Å². The molecule has 4 rings (SSSR count). The molecular formula is C22H21N3O3S. The Morgan fingerprint density at radius 3 is 2.72 bits per heavy atom. The first-order valence-electron chi connectivity index (χ1n) is 9.40. The fourth-order valence-electron chi connectivity index (χ4n) is 3.13. The van der Waals surface area contributed by atoms with Crippen molar-refractivity contribution in [2.75, 3.05) is 6.61 Å². The van der Waals surface area contributed by atoms with Crippen LogP contribution in [0.15, 0.2) is 72.4 Å². The van der Waals surface area contributed by atoms with E-state index < -0.39 is 0 Å². The number of carbonyl (C=O) groups excluding carboxylic acids is 1. The first kappa shape index (κ1) is 19.3. The first-order chi connectivity index (χ1) is 14.3. The van der Waals surface area contributed by atoms with E-state index in [9.17, 15) is 4.79 Å². The molecule has 6 nitrogen and oxygen atoms in total. The highest BCUT2D eigenvalue weighted by atomic mass is 32.2. The third-order valence-electron chi connectivity index (χ3n) is 4.57. The van der Waals surface area contributed by atoms with Gasteiger partial charge in [-0.2, -0.15) is 0 Å². The van der Waals surface area contributed by atoms with E-state index in [1.807, 2.05) is 47.0 Å². The molecule has 7 heteroatoms. The molecule has 1 aliphatic heterocycles. The monoisotopic (exact) mass is 407 g/mol. The maximum atomic E-state index is 11.8. The summed E-state index contributed by atoms with van der Waals surface area (Å²) in [7, 11) is 0. The number of thioether (sulfide) groups is 1. The molecule has 1 atom stereocenters. The molecule has 0 spiro atoms. The number of esters is 1. The van der Waals surface area contributed by atoms with Crippen LogP contribution in [0.4, 0.5) is 0 Å². The molecule has 0 aliphatic carbocycles. The Labute approximate surface area is 173 Å². The summed E-state index contributed by atoms with van der Waals surface area (Å²) in [5.41, 5.74) is 2.11. The van der Waals surface area contributed by atoms with E-state index in [-0.39, 0.29) is 17.8 Å². The lowest BCUT2D eigenvalue weighted by Crippen LogP contribution is -2.12. The van der Waals surface area contributed by atoms with E-state index in [4.69, 9.17) is 9.47 Å². The zero-order valence-electron chi connectivity index (χ0n) is 15.9. The standard InChI is InChI=1S/C22H21N3O3S/c1-2-13-25-20(23-24-22(25)29-19-12-14-27-21(19)26)15-28-18-11-7-6-10-17(18)16-8-4-3-5-9-16/h2-11,19H,1,12-15H2/t19-/m0/s1. The van der Waals surface area contributed by atoms with Crippen molar-refractivity contribution in [1.29, 1.82) is 0 Å². The van der Waals surface area contributed by atoms with Crippen LogP contribution in [0.25, 0.3) is 11.1 Å². The summed E-state index contributed by atoms with van der Waals surface area (Å²) >= 11 is 1.38. The molecule has 0 amide bonds. The van der Waals surface area contributed by atoms with Crippen molar-refractivity contribution in [1.82, 2.24) is 14.8 Å². The lowest BCUT2D eigenvalue weighted by atomic mass is 10.1. The van der Waals surface area contributed by atoms with Gasteiger partial charge in [0, 0.05) is 18.5 Å². The number of para-hydroxylation sites is 1. The normalized spacial score (nSPS) is 15.9. The van der Waals surface area contributed by atoms with Gasteiger partial charge in [0.1, 0.15) is 17.6 Å². The third kappa shape index (κ3) is 4.35. The van der Waals surface area contributed by atoms with Crippen molar-refractivity contribution >= 4 is 17.7 Å². The molecule has 2 aromatic carbocycles. The zero-order chi connectivity index (χ0) is 20.1. The Hall–Kier alpha value is -3.06. The predicted octanol–water partition coefficient (Wildman–Crippen LogP) is 4.12. The van der Waals surface area contributed by atoms with Crippen LogP contribution < -0.4 is 4.74 Å². The minimum atomic E-state index is -0.240. The van der Waals surface area contributed by atoms with Crippen LogP contribution in [0.3, 0.4) is 0 Å². The van der Waals surface area contributed by atoms with Crippen molar-refractivity contribution in [3.05, 3.63) is 73.1 Å². The van der Waals surface area contributed by atoms with Crippen molar-refractivity contribution in [3.63, 3.8) is 0 Å². The van der Waals surface area contributed by atoms with Gasteiger partial charge in [0.15, 0.2) is 11.0 Å². The smallest absolute Gasteiger partial charge is 0.319 e. The lowest BCUT2D eigenvalue weighted by molar-refractivity contribution is -0.137. The Balaban J connectivity index is 1.53. The molecule has 0 saturated carbocycles. The Morgan fingerprint density at radius 1 is 1.17 bits per heavy atom. The number of ether oxygens (including phenoxy) is 2. The average Bonchev–Trinajstić information content (AvgIpc) is 3.34. The van der Waals surface area contributed by atoms with Crippen LogP contribution in [0, 0.1) is 0 Å². The highest BCUT2D eigenvalue weighted by Gasteiger charge is 2.29. The van der Waals surface area contributed by atoms with Crippen molar-refractivity contribution < 1.29 is 14.3 Å². The van der Waals surface area contributed by atoms with Gasteiger partial charge in [-0.25, -0.2) is 0 Å². The fourth-order valence-corrected chi connectivity index (χ4v) is 4.16. The van der Waals surface area contributed by atoms with Crippen LogP contribution >= 0.6 is 11.8 Å². The molecule has 1 aromatic heterocycles. The molecule has 0 unspecified atom stereocenters. The number of carbonyl (C=O) groups is 1. The number of hydrogen-bond acceptors (Lipinski definition) is 6. The summed E-state index contributed by atoms with van der Waals surface area (Å²) in [6, 6.07) is 18.0. The van der Waals surface area contributed by atoms with E-state index in [1.165, 1.54) is 11.8 Å². The molecule has 148 valence electrons. The van der Waals surface area contributed by atoms with Gasteiger partial charge < -0.3 is 9.47 Å². The average molecular weight is 407 g/mol. The van der Waals surface area contributed by atoms with E-state index in [0.29, 0.717) is 30.6 Å². The summed E-state index contributed by atoms with van der Waals surface area (Å²) in [6.45, 7) is 5.08. The fraction of sp³-hybridized carbons (Fsp3) is 0.227. The summed E-state index contributed by atoms with van der Waals surface area (Å²) in [6.07, 6.45) is 2.46. The Morgan fingerprint density at radius 2 is 1.97 bits per heavy atom. The van der Waals surface area contributed by atoms with E-state index >= 15 is 0 Å². The second-order valence-corrected chi connectivity index (χ2v) is 7.68. The van der Waals surface area contributed by atoms with Gasteiger partial charge in [-0.15, -0.1) is 16.8 Å². The molecule has 1 fully saturated rings. The van der Waals surface area contributed by atoms with Crippen LogP contribution in [0.2, 0.25) is 0 Å². The molecule has 3 aromatic rings. The summed E-state index contributed by atoms with van der Waals surface area (Å²) in [4.78, 5) is 11.8. The number of aromatic nitrogens is 3. The SMILES string of the molecule is C=CCn1c(COc2ccccc2-c2ccccc2)nnc1S[C@H]1CCOC1=O.